The van der Waals surface area contributed by atoms with E-state index in [1.54, 1.807) is 13.0 Å². The molecule has 0 aliphatic rings. The van der Waals surface area contributed by atoms with E-state index in [1.807, 2.05) is 27.7 Å². The Labute approximate surface area is 238 Å². The number of unbranched alkanes of at least 4 members (excludes halogenated alkanes) is 4. The second-order valence-corrected chi connectivity index (χ2v) is 10.1. The molecule has 0 saturated heterocycles. The fourth-order valence-electron chi connectivity index (χ4n) is 3.59. The summed E-state index contributed by atoms with van der Waals surface area (Å²) in [6, 6.07) is 3.65. The first-order chi connectivity index (χ1) is 19.1. The van der Waals surface area contributed by atoms with Crippen LogP contribution < -0.4 is 14.8 Å². The molecule has 0 fully saturated rings. The average Bonchev–Trinajstić information content (AvgIpc) is 2.91. The van der Waals surface area contributed by atoms with Crippen LogP contribution in [0.25, 0.3) is 0 Å². The summed E-state index contributed by atoms with van der Waals surface area (Å²) in [4.78, 5) is 48.5. The lowest BCUT2D eigenvalue weighted by Gasteiger charge is -2.19. The van der Waals surface area contributed by atoms with Gasteiger partial charge in [0.2, 0.25) is 0 Å². The molecule has 0 aliphatic carbocycles. The van der Waals surface area contributed by atoms with Gasteiger partial charge >= 0.3 is 24.1 Å². The molecule has 0 saturated carbocycles. The highest BCUT2D eigenvalue weighted by Gasteiger charge is 2.22. The molecular weight excluding hydrogens is 518 g/mol. The number of esters is 2. The van der Waals surface area contributed by atoms with Crippen LogP contribution in [0.2, 0.25) is 0 Å². The second-order valence-electron chi connectivity index (χ2n) is 10.1. The molecule has 0 aliphatic heterocycles. The van der Waals surface area contributed by atoms with Gasteiger partial charge in [-0.15, -0.1) is 0 Å². The van der Waals surface area contributed by atoms with Gasteiger partial charge in [0.05, 0.1) is 6.61 Å². The molecule has 2 N–H and O–H groups in total. The fraction of sp³-hybridized carbons (Fsp3) is 0.667. The fourth-order valence-corrected chi connectivity index (χ4v) is 3.59. The molecule has 0 spiro atoms. The number of hydrogen-bond donors (Lipinski definition) is 2. The molecule has 1 aromatic carbocycles. The third kappa shape index (κ3) is 14.9. The maximum Gasteiger partial charge on any atom is 0.508 e. The van der Waals surface area contributed by atoms with E-state index < -0.39 is 36.2 Å². The summed E-state index contributed by atoms with van der Waals surface area (Å²) in [5.74, 6) is -1.57. The van der Waals surface area contributed by atoms with Gasteiger partial charge in [0.15, 0.2) is 11.5 Å². The lowest BCUT2D eigenvalue weighted by molar-refractivity contribution is -0.139. The Bertz CT molecular complexity index is 934. The van der Waals surface area contributed by atoms with Crippen LogP contribution in [0.5, 0.6) is 11.5 Å². The Morgan fingerprint density at radius 2 is 1.48 bits per heavy atom. The van der Waals surface area contributed by atoms with Crippen molar-refractivity contribution < 1.29 is 43.2 Å². The van der Waals surface area contributed by atoms with Gasteiger partial charge in [-0.2, -0.15) is 0 Å². The summed E-state index contributed by atoms with van der Waals surface area (Å²) in [5, 5.41) is 12.7. The maximum absolute atomic E-state index is 12.4. The van der Waals surface area contributed by atoms with E-state index in [0.717, 1.165) is 32.1 Å². The summed E-state index contributed by atoms with van der Waals surface area (Å²) in [5.41, 5.74) is 0.559. The minimum atomic E-state index is -1.10. The molecule has 0 heterocycles. The Hall–Kier alpha value is -3.14. The van der Waals surface area contributed by atoms with Crippen molar-refractivity contribution in [1.29, 1.82) is 0 Å². The summed E-state index contributed by atoms with van der Waals surface area (Å²) in [6.07, 6.45) is 5.04. The van der Waals surface area contributed by atoms with Crippen molar-refractivity contribution in [3.8, 4) is 11.5 Å². The van der Waals surface area contributed by atoms with Gasteiger partial charge < -0.3 is 29.4 Å². The summed E-state index contributed by atoms with van der Waals surface area (Å²) < 4.78 is 21.3. The van der Waals surface area contributed by atoms with Crippen LogP contribution in [-0.2, 0) is 30.3 Å². The highest BCUT2D eigenvalue weighted by Crippen LogP contribution is 2.30. The molecule has 10 heteroatoms. The van der Waals surface area contributed by atoms with E-state index >= 15 is 0 Å². The Morgan fingerprint density at radius 1 is 0.875 bits per heavy atom. The van der Waals surface area contributed by atoms with Gasteiger partial charge in [-0.3, -0.25) is 14.4 Å². The third-order valence-corrected chi connectivity index (χ3v) is 6.29. The predicted molar refractivity (Wildman–Crippen MR) is 150 cm³/mol. The van der Waals surface area contributed by atoms with Crippen molar-refractivity contribution in [2.24, 2.45) is 5.92 Å². The zero-order chi connectivity index (χ0) is 29.9. The monoisotopic (exact) mass is 565 g/mol. The first-order valence-electron chi connectivity index (χ1n) is 14.4. The van der Waals surface area contributed by atoms with Crippen LogP contribution >= 0.6 is 0 Å². The minimum absolute atomic E-state index is 0.0472. The van der Waals surface area contributed by atoms with Crippen molar-refractivity contribution in [1.82, 2.24) is 5.32 Å². The summed E-state index contributed by atoms with van der Waals surface area (Å²) >= 11 is 0. The molecule has 3 atom stereocenters. The molecule has 226 valence electrons. The second kappa shape index (κ2) is 19.8. The summed E-state index contributed by atoms with van der Waals surface area (Å²) in [6.45, 7) is 9.99. The first-order valence-corrected chi connectivity index (χ1v) is 14.4. The topological polar surface area (TPSA) is 137 Å². The van der Waals surface area contributed by atoms with Gasteiger partial charge in [0.25, 0.3) is 0 Å². The minimum Gasteiger partial charge on any atom is -0.480 e. The van der Waals surface area contributed by atoms with E-state index in [4.69, 9.17) is 18.9 Å². The summed E-state index contributed by atoms with van der Waals surface area (Å²) in [7, 11) is 0. The molecular formula is C30H47NO9. The van der Waals surface area contributed by atoms with Crippen LogP contribution in [0.15, 0.2) is 18.2 Å². The first kappa shape index (κ1) is 34.9. The van der Waals surface area contributed by atoms with E-state index in [2.05, 4.69) is 5.32 Å². The lowest BCUT2D eigenvalue weighted by Crippen LogP contribution is -2.42. The van der Waals surface area contributed by atoms with Crippen molar-refractivity contribution >= 4 is 24.1 Å². The number of benzene rings is 1. The van der Waals surface area contributed by atoms with Gasteiger partial charge in [-0.1, -0.05) is 65.9 Å². The largest absolute Gasteiger partial charge is 0.508 e. The smallest absolute Gasteiger partial charge is 0.480 e. The number of nitrogens with one attached hydrogen (secondary N) is 1. The van der Waals surface area contributed by atoms with Crippen molar-refractivity contribution in [2.45, 2.75) is 111 Å². The number of ether oxygens (including phenoxy) is 4. The van der Waals surface area contributed by atoms with Crippen molar-refractivity contribution in [3.05, 3.63) is 23.8 Å². The molecule has 10 nitrogen and oxygen atoms in total. The average molecular weight is 566 g/mol. The number of carbonyl (C=O) groups is 4. The number of hydrogen-bond acceptors (Lipinski definition) is 9. The Kier molecular flexibility index (Phi) is 17.3. The number of rotatable bonds is 20. The van der Waals surface area contributed by atoms with Crippen LogP contribution in [-0.4, -0.2) is 54.5 Å². The van der Waals surface area contributed by atoms with Gasteiger partial charge in [0, 0.05) is 19.4 Å². The molecule has 0 aromatic heterocycles. The van der Waals surface area contributed by atoms with Crippen LogP contribution in [0.3, 0.4) is 0 Å². The molecule has 1 aromatic rings. The molecule has 2 unspecified atom stereocenters. The molecule has 0 radical (unpaired) electrons. The van der Waals surface area contributed by atoms with Gasteiger partial charge in [0.1, 0.15) is 12.1 Å². The Balaban J connectivity index is 2.89. The number of carboxylic acid groups (broad SMARTS) is 1. The molecule has 40 heavy (non-hydrogen) atoms. The maximum atomic E-state index is 12.4. The SMILES string of the molecule is CCCCCC(=O)Oc1ccc(C[C@H](NCC(C)OC(=O)OCC(C)CC)C(=O)O)cc1OC(=O)CCCCC. The van der Waals surface area contributed by atoms with E-state index in [1.165, 1.54) is 12.1 Å². The van der Waals surface area contributed by atoms with Crippen molar-refractivity contribution in [2.75, 3.05) is 13.2 Å². The van der Waals surface area contributed by atoms with Crippen molar-refractivity contribution in [3.63, 3.8) is 0 Å². The Morgan fingerprint density at radius 3 is 2.02 bits per heavy atom. The number of aliphatic carboxylic acids is 1. The van der Waals surface area contributed by atoms with E-state index in [0.29, 0.717) is 18.4 Å². The number of carbonyl (C=O) groups excluding carboxylic acids is 3. The quantitative estimate of drug-likeness (QED) is 0.113. The van der Waals surface area contributed by atoms with Gasteiger partial charge in [-0.05, 0) is 49.8 Å². The third-order valence-electron chi connectivity index (χ3n) is 6.29. The lowest BCUT2D eigenvalue weighted by atomic mass is 10.0. The predicted octanol–water partition coefficient (Wildman–Crippen LogP) is 5.83. The zero-order valence-corrected chi connectivity index (χ0v) is 24.7. The zero-order valence-electron chi connectivity index (χ0n) is 24.7. The van der Waals surface area contributed by atoms with E-state index in [-0.39, 0.29) is 49.8 Å². The van der Waals surface area contributed by atoms with Gasteiger partial charge in [-0.25, -0.2) is 4.79 Å². The highest BCUT2D eigenvalue weighted by molar-refractivity contribution is 5.77. The highest BCUT2D eigenvalue weighted by atomic mass is 16.7. The molecule has 0 bridgehead atoms. The molecule has 0 amide bonds. The van der Waals surface area contributed by atoms with Crippen LogP contribution in [0.4, 0.5) is 4.79 Å². The van der Waals surface area contributed by atoms with E-state index in [9.17, 15) is 24.3 Å². The normalized spacial score (nSPS) is 13.1. The van der Waals surface area contributed by atoms with Crippen LogP contribution in [0.1, 0.15) is 98.0 Å². The molecule has 1 rings (SSSR count). The standard InChI is InChI=1S/C30H47NO9/c1-6-9-11-13-27(32)39-25-16-15-23(18-26(25)40-28(33)14-12-10-7-2)17-24(29(34)35)31-19-22(5)38-30(36)37-20-21(4)8-3/h15-16,18,21-22,24,31H,6-14,17,19-20H2,1-5H3,(H,34,35)/t21?,22?,24-/m0/s1. The van der Waals surface area contributed by atoms with Crippen LogP contribution in [0, 0.1) is 5.92 Å². The number of carboxylic acids is 1.